The third kappa shape index (κ3) is 3.46. The fourth-order valence-electron chi connectivity index (χ4n) is 1.34. The van der Waals surface area contributed by atoms with E-state index in [-0.39, 0.29) is 6.61 Å². The zero-order valence-electron chi connectivity index (χ0n) is 9.52. The lowest BCUT2D eigenvalue weighted by Gasteiger charge is -2.02. The van der Waals surface area contributed by atoms with E-state index in [1.54, 1.807) is 24.3 Å². The van der Waals surface area contributed by atoms with Crippen LogP contribution in [-0.2, 0) is 13.0 Å². The van der Waals surface area contributed by atoms with Gasteiger partial charge in [0.05, 0.1) is 0 Å². The first kappa shape index (κ1) is 11.9. The summed E-state index contributed by atoms with van der Waals surface area (Å²) in [6, 6.07) is 7.14. The number of hydrogen-bond donors (Lipinski definition) is 0. The van der Waals surface area contributed by atoms with Crippen molar-refractivity contribution in [3.8, 4) is 5.75 Å². The highest BCUT2D eigenvalue weighted by atomic mass is 35.5. The van der Waals surface area contributed by atoms with E-state index in [0.717, 1.165) is 18.6 Å². The van der Waals surface area contributed by atoms with Crippen LogP contribution in [0.5, 0.6) is 5.75 Å². The molecule has 0 radical (unpaired) electrons. The first-order chi connectivity index (χ1) is 8.28. The minimum Gasteiger partial charge on any atom is -0.484 e. The minimum absolute atomic E-state index is 0.276. The van der Waals surface area contributed by atoms with Crippen LogP contribution in [0.2, 0.25) is 5.02 Å². The van der Waals surface area contributed by atoms with Gasteiger partial charge in [-0.15, -0.1) is 10.2 Å². The summed E-state index contributed by atoms with van der Waals surface area (Å²) >= 11 is 5.77. The summed E-state index contributed by atoms with van der Waals surface area (Å²) in [4.78, 5) is 0. The zero-order chi connectivity index (χ0) is 12.1. The Bertz CT molecular complexity index is 468. The number of benzene rings is 1. The maximum Gasteiger partial charge on any atom is 0.253 e. The zero-order valence-corrected chi connectivity index (χ0v) is 10.3. The molecule has 0 saturated heterocycles. The molecule has 0 N–H and O–H groups in total. The van der Waals surface area contributed by atoms with Crippen molar-refractivity contribution >= 4 is 11.6 Å². The van der Waals surface area contributed by atoms with Gasteiger partial charge in [-0.1, -0.05) is 18.5 Å². The molecular weight excluding hydrogens is 240 g/mol. The summed E-state index contributed by atoms with van der Waals surface area (Å²) < 4.78 is 10.9. The van der Waals surface area contributed by atoms with Gasteiger partial charge < -0.3 is 9.15 Å². The van der Waals surface area contributed by atoms with E-state index in [9.17, 15) is 0 Å². The second-order valence-corrected chi connectivity index (χ2v) is 4.02. The van der Waals surface area contributed by atoms with E-state index in [4.69, 9.17) is 20.8 Å². The lowest BCUT2D eigenvalue weighted by molar-refractivity contribution is 0.259. The van der Waals surface area contributed by atoms with Gasteiger partial charge in [-0.3, -0.25) is 0 Å². The standard InChI is InChI=1S/C12H13ClN2O2/c1-2-3-11-14-15-12(17-11)8-16-10-6-4-9(13)5-7-10/h4-7H,2-3,8H2,1H3. The molecule has 0 amide bonds. The predicted octanol–water partition coefficient (Wildman–Crippen LogP) is 3.25. The molecule has 4 nitrogen and oxygen atoms in total. The molecule has 0 aliphatic heterocycles. The normalized spacial score (nSPS) is 10.5. The molecule has 17 heavy (non-hydrogen) atoms. The van der Waals surface area contributed by atoms with E-state index in [1.807, 2.05) is 0 Å². The number of nitrogens with zero attached hydrogens (tertiary/aromatic N) is 2. The minimum atomic E-state index is 0.276. The van der Waals surface area contributed by atoms with Gasteiger partial charge in [0, 0.05) is 11.4 Å². The smallest absolute Gasteiger partial charge is 0.253 e. The van der Waals surface area contributed by atoms with Gasteiger partial charge in [0.15, 0.2) is 6.61 Å². The van der Waals surface area contributed by atoms with Gasteiger partial charge in [0.25, 0.3) is 5.89 Å². The second-order valence-electron chi connectivity index (χ2n) is 3.58. The van der Waals surface area contributed by atoms with Gasteiger partial charge in [0.1, 0.15) is 5.75 Å². The van der Waals surface area contributed by atoms with Crippen molar-refractivity contribution in [2.24, 2.45) is 0 Å². The van der Waals surface area contributed by atoms with Crippen molar-refractivity contribution in [1.82, 2.24) is 10.2 Å². The van der Waals surface area contributed by atoms with Crippen LogP contribution in [0.25, 0.3) is 0 Å². The molecule has 2 aromatic rings. The van der Waals surface area contributed by atoms with E-state index >= 15 is 0 Å². The number of hydrogen-bond acceptors (Lipinski definition) is 4. The fraction of sp³-hybridized carbons (Fsp3) is 0.333. The van der Waals surface area contributed by atoms with Crippen LogP contribution in [0.4, 0.5) is 0 Å². The van der Waals surface area contributed by atoms with Crippen molar-refractivity contribution < 1.29 is 9.15 Å². The number of ether oxygens (including phenoxy) is 1. The average molecular weight is 253 g/mol. The van der Waals surface area contributed by atoms with Gasteiger partial charge in [-0.05, 0) is 30.7 Å². The lowest BCUT2D eigenvalue weighted by Crippen LogP contribution is -1.95. The Hall–Kier alpha value is -1.55. The van der Waals surface area contributed by atoms with Crippen LogP contribution in [0.15, 0.2) is 28.7 Å². The first-order valence-electron chi connectivity index (χ1n) is 5.47. The van der Waals surface area contributed by atoms with Crippen LogP contribution >= 0.6 is 11.6 Å². The van der Waals surface area contributed by atoms with Crippen LogP contribution < -0.4 is 4.74 Å². The number of aromatic nitrogens is 2. The Kier molecular flexibility index (Phi) is 3.98. The average Bonchev–Trinajstić information content (AvgIpc) is 2.77. The van der Waals surface area contributed by atoms with E-state index < -0.39 is 0 Å². The maximum atomic E-state index is 5.77. The van der Waals surface area contributed by atoms with Crippen molar-refractivity contribution in [3.05, 3.63) is 41.1 Å². The molecule has 0 unspecified atom stereocenters. The monoisotopic (exact) mass is 252 g/mol. The number of aryl methyl sites for hydroxylation is 1. The number of halogens is 1. The largest absolute Gasteiger partial charge is 0.484 e. The third-order valence-corrected chi connectivity index (χ3v) is 2.40. The van der Waals surface area contributed by atoms with Crippen molar-refractivity contribution in [2.75, 3.05) is 0 Å². The molecule has 0 aliphatic rings. The molecule has 2 rings (SSSR count). The summed E-state index contributed by atoms with van der Waals surface area (Å²) in [5, 5.41) is 8.50. The van der Waals surface area contributed by atoms with Crippen molar-refractivity contribution in [2.45, 2.75) is 26.4 Å². The molecule has 1 aromatic heterocycles. The number of rotatable bonds is 5. The molecule has 5 heteroatoms. The molecule has 0 fully saturated rings. The molecule has 0 spiro atoms. The quantitative estimate of drug-likeness (QED) is 0.820. The van der Waals surface area contributed by atoms with Crippen molar-refractivity contribution in [1.29, 1.82) is 0 Å². The summed E-state index contributed by atoms with van der Waals surface area (Å²) in [6.07, 6.45) is 1.79. The Balaban J connectivity index is 1.90. The highest BCUT2D eigenvalue weighted by Gasteiger charge is 2.05. The summed E-state index contributed by atoms with van der Waals surface area (Å²) in [7, 11) is 0. The van der Waals surface area contributed by atoms with E-state index in [1.165, 1.54) is 0 Å². The second kappa shape index (κ2) is 5.68. The first-order valence-corrected chi connectivity index (χ1v) is 5.85. The van der Waals surface area contributed by atoms with Crippen molar-refractivity contribution in [3.63, 3.8) is 0 Å². The Labute approximate surface area is 105 Å². The van der Waals surface area contributed by atoms with E-state index in [0.29, 0.717) is 16.8 Å². The topological polar surface area (TPSA) is 48.2 Å². The van der Waals surface area contributed by atoms with Gasteiger partial charge in [-0.2, -0.15) is 0 Å². The third-order valence-electron chi connectivity index (χ3n) is 2.15. The highest BCUT2D eigenvalue weighted by molar-refractivity contribution is 6.30. The predicted molar refractivity (Wildman–Crippen MR) is 64.1 cm³/mol. The molecule has 90 valence electrons. The molecule has 0 bridgehead atoms. The van der Waals surface area contributed by atoms with Gasteiger partial charge in [-0.25, -0.2) is 0 Å². The summed E-state index contributed by atoms with van der Waals surface area (Å²) in [5.74, 6) is 1.87. The van der Waals surface area contributed by atoms with Crippen LogP contribution in [0.3, 0.4) is 0 Å². The fourth-order valence-corrected chi connectivity index (χ4v) is 1.46. The SMILES string of the molecule is CCCc1nnc(COc2ccc(Cl)cc2)o1. The Morgan fingerprint density at radius 3 is 2.59 bits per heavy atom. The highest BCUT2D eigenvalue weighted by Crippen LogP contribution is 2.16. The summed E-state index contributed by atoms with van der Waals surface area (Å²) in [6.45, 7) is 2.34. The Morgan fingerprint density at radius 1 is 1.18 bits per heavy atom. The van der Waals surface area contributed by atoms with Crippen LogP contribution in [0, 0.1) is 0 Å². The maximum absolute atomic E-state index is 5.77. The van der Waals surface area contributed by atoms with Crippen LogP contribution in [-0.4, -0.2) is 10.2 Å². The van der Waals surface area contributed by atoms with Crippen LogP contribution in [0.1, 0.15) is 25.1 Å². The van der Waals surface area contributed by atoms with Gasteiger partial charge >= 0.3 is 0 Å². The van der Waals surface area contributed by atoms with E-state index in [2.05, 4.69) is 17.1 Å². The van der Waals surface area contributed by atoms with Gasteiger partial charge in [0.2, 0.25) is 5.89 Å². The molecule has 0 aliphatic carbocycles. The summed E-state index contributed by atoms with van der Waals surface area (Å²) in [5.41, 5.74) is 0. The molecule has 1 heterocycles. The molecule has 0 saturated carbocycles. The Morgan fingerprint density at radius 2 is 1.88 bits per heavy atom. The molecular formula is C12H13ClN2O2. The molecule has 1 aromatic carbocycles. The lowest BCUT2D eigenvalue weighted by atomic mass is 10.3. The molecule has 0 atom stereocenters.